The monoisotopic (exact) mass is 375 g/mol. The molecule has 0 aromatic heterocycles. The van der Waals surface area contributed by atoms with Gasteiger partial charge in [-0.15, -0.1) is 5.10 Å². The number of hydrogen-bond donors (Lipinski definition) is 1. The van der Waals surface area contributed by atoms with Gasteiger partial charge in [0.05, 0.1) is 11.0 Å². The molecule has 0 bridgehead atoms. The van der Waals surface area contributed by atoms with Crippen LogP contribution in [0.4, 0.5) is 4.39 Å². The highest BCUT2D eigenvalue weighted by molar-refractivity contribution is 8.15. The van der Waals surface area contributed by atoms with E-state index in [4.69, 9.17) is 11.6 Å². The Morgan fingerprint density at radius 1 is 1.20 bits per heavy atom. The molecule has 1 heterocycles. The highest BCUT2D eigenvalue weighted by atomic mass is 35.5. The number of nitrogens with zero attached hydrogens (tertiary/aromatic N) is 2. The van der Waals surface area contributed by atoms with Gasteiger partial charge in [-0.1, -0.05) is 47.6 Å². The first-order valence-corrected chi connectivity index (χ1v) is 8.87. The first-order chi connectivity index (χ1) is 12.0. The van der Waals surface area contributed by atoms with Crippen LogP contribution in [-0.4, -0.2) is 22.0 Å². The van der Waals surface area contributed by atoms with Crippen LogP contribution in [0.15, 0.2) is 58.7 Å². The maximum absolute atomic E-state index is 13.0. The molecule has 0 spiro atoms. The number of halogens is 2. The minimum Gasteiger partial charge on any atom is -0.303 e. The van der Waals surface area contributed by atoms with E-state index < -0.39 is 0 Å². The van der Waals surface area contributed by atoms with Gasteiger partial charge in [-0.25, -0.2) is 4.39 Å². The van der Waals surface area contributed by atoms with E-state index in [1.807, 2.05) is 19.1 Å². The van der Waals surface area contributed by atoms with Crippen LogP contribution in [-0.2, 0) is 11.2 Å². The van der Waals surface area contributed by atoms with Crippen LogP contribution in [0.2, 0.25) is 5.02 Å². The number of amidine groups is 1. The summed E-state index contributed by atoms with van der Waals surface area (Å²) in [5.74, 6) is -0.408. The second kappa shape index (κ2) is 7.80. The standard InChI is InChI=1S/C18H15ClFN3OS/c1-11(13-4-6-14(19)7-5-13)22-23-18-21-17(24)16(25-18)10-12-2-8-15(20)9-3-12/h2-9,16H,10H2,1H3,(H,21,23,24)/b22-11+/t16-/m0/s1. The fraction of sp³-hybridized carbons (Fsp3) is 0.167. The molecule has 2 aromatic rings. The van der Waals surface area contributed by atoms with Gasteiger partial charge in [-0.3, -0.25) is 4.79 Å². The van der Waals surface area contributed by atoms with Crippen molar-refractivity contribution < 1.29 is 9.18 Å². The molecule has 0 aliphatic carbocycles. The van der Waals surface area contributed by atoms with E-state index in [1.54, 1.807) is 24.3 Å². The summed E-state index contributed by atoms with van der Waals surface area (Å²) in [6.07, 6.45) is 0.510. The molecule has 128 valence electrons. The van der Waals surface area contributed by atoms with Crippen LogP contribution in [0.3, 0.4) is 0 Å². The van der Waals surface area contributed by atoms with E-state index in [0.29, 0.717) is 16.6 Å². The maximum atomic E-state index is 13.0. The maximum Gasteiger partial charge on any atom is 0.239 e. The van der Waals surface area contributed by atoms with Crippen molar-refractivity contribution in [3.63, 3.8) is 0 Å². The van der Waals surface area contributed by atoms with E-state index in [-0.39, 0.29) is 17.0 Å². The number of benzene rings is 2. The second-order valence-corrected chi connectivity index (χ2v) is 7.15. The van der Waals surface area contributed by atoms with Crippen molar-refractivity contribution in [3.8, 4) is 0 Å². The SMILES string of the molecule is C/C(=N\N=C1\NC(=O)[C@H](Cc2ccc(F)cc2)S1)c1ccc(Cl)cc1. The topological polar surface area (TPSA) is 53.8 Å². The molecule has 25 heavy (non-hydrogen) atoms. The van der Waals surface area contributed by atoms with Crippen molar-refractivity contribution >= 4 is 40.1 Å². The number of carbonyl (C=O) groups excluding carboxylic acids is 1. The summed E-state index contributed by atoms with van der Waals surface area (Å²) in [6.45, 7) is 1.84. The Morgan fingerprint density at radius 2 is 1.88 bits per heavy atom. The average molecular weight is 376 g/mol. The van der Waals surface area contributed by atoms with Crippen molar-refractivity contribution in [3.05, 3.63) is 70.5 Å². The molecule has 1 amide bonds. The smallest absolute Gasteiger partial charge is 0.239 e. The van der Waals surface area contributed by atoms with Crippen LogP contribution >= 0.6 is 23.4 Å². The van der Waals surface area contributed by atoms with E-state index in [1.165, 1.54) is 23.9 Å². The predicted octanol–water partition coefficient (Wildman–Crippen LogP) is 4.03. The largest absolute Gasteiger partial charge is 0.303 e. The van der Waals surface area contributed by atoms with Gasteiger partial charge < -0.3 is 5.32 Å². The minimum atomic E-state index is -0.296. The van der Waals surface area contributed by atoms with Crippen molar-refractivity contribution in [2.75, 3.05) is 0 Å². The molecule has 1 fully saturated rings. The summed E-state index contributed by atoms with van der Waals surface area (Å²) in [5.41, 5.74) is 2.53. The molecule has 1 aliphatic heterocycles. The molecular weight excluding hydrogens is 361 g/mol. The quantitative estimate of drug-likeness (QED) is 0.647. The summed E-state index contributed by atoms with van der Waals surface area (Å²) >= 11 is 7.19. The Labute approximate surface area is 154 Å². The van der Waals surface area contributed by atoms with Crippen molar-refractivity contribution in [1.29, 1.82) is 0 Å². The summed E-state index contributed by atoms with van der Waals surface area (Å²) in [6, 6.07) is 13.4. The van der Waals surface area contributed by atoms with Gasteiger partial charge >= 0.3 is 0 Å². The highest BCUT2D eigenvalue weighted by Gasteiger charge is 2.30. The highest BCUT2D eigenvalue weighted by Crippen LogP contribution is 2.23. The molecule has 2 aromatic carbocycles. The first kappa shape index (κ1) is 17.6. The summed E-state index contributed by atoms with van der Waals surface area (Å²) < 4.78 is 13.0. The van der Waals surface area contributed by atoms with Gasteiger partial charge in [-0.2, -0.15) is 5.10 Å². The van der Waals surface area contributed by atoms with Crippen LogP contribution in [0, 0.1) is 5.82 Å². The van der Waals surface area contributed by atoms with Crippen LogP contribution < -0.4 is 5.32 Å². The second-order valence-electron chi connectivity index (χ2n) is 5.52. The Morgan fingerprint density at radius 3 is 2.56 bits per heavy atom. The third kappa shape index (κ3) is 4.67. The van der Waals surface area contributed by atoms with Crippen LogP contribution in [0.1, 0.15) is 18.1 Å². The third-order valence-electron chi connectivity index (χ3n) is 3.66. The summed E-state index contributed by atoms with van der Waals surface area (Å²) in [5, 5.41) is 11.8. The lowest BCUT2D eigenvalue weighted by Crippen LogP contribution is -2.26. The number of carbonyl (C=O) groups is 1. The third-order valence-corrected chi connectivity index (χ3v) is 4.99. The Hall–Kier alpha value is -2.18. The van der Waals surface area contributed by atoms with Crippen molar-refractivity contribution in [1.82, 2.24) is 5.32 Å². The van der Waals surface area contributed by atoms with Gasteiger partial charge in [-0.05, 0) is 48.7 Å². The van der Waals surface area contributed by atoms with Crippen LogP contribution in [0.25, 0.3) is 0 Å². The summed E-state index contributed by atoms with van der Waals surface area (Å²) in [7, 11) is 0. The normalized spacial score (nSPS) is 19.3. The Bertz CT molecular complexity index is 834. The van der Waals surface area contributed by atoms with Crippen LogP contribution in [0.5, 0.6) is 0 Å². The number of nitrogens with one attached hydrogen (secondary N) is 1. The Kier molecular flexibility index (Phi) is 5.50. The molecule has 1 aliphatic rings. The number of rotatable bonds is 4. The zero-order valence-electron chi connectivity index (χ0n) is 13.4. The first-order valence-electron chi connectivity index (χ1n) is 7.61. The molecular formula is C18H15ClFN3OS. The zero-order chi connectivity index (χ0) is 17.8. The van der Waals surface area contributed by atoms with E-state index in [0.717, 1.165) is 16.8 Å². The molecule has 4 nitrogen and oxygen atoms in total. The molecule has 1 atom stereocenters. The molecule has 0 saturated carbocycles. The predicted molar refractivity (Wildman–Crippen MR) is 101 cm³/mol. The van der Waals surface area contributed by atoms with Gasteiger partial charge in [0, 0.05) is 5.02 Å². The lowest BCUT2D eigenvalue weighted by molar-refractivity contribution is -0.118. The number of hydrogen-bond acceptors (Lipinski definition) is 4. The fourth-order valence-corrected chi connectivity index (χ4v) is 3.38. The molecule has 3 rings (SSSR count). The molecule has 1 saturated heterocycles. The average Bonchev–Trinajstić information content (AvgIpc) is 2.95. The Balaban J connectivity index is 1.66. The summed E-state index contributed by atoms with van der Waals surface area (Å²) in [4.78, 5) is 12.1. The molecule has 7 heteroatoms. The van der Waals surface area contributed by atoms with E-state index in [9.17, 15) is 9.18 Å². The molecule has 0 unspecified atom stereocenters. The van der Waals surface area contributed by atoms with Gasteiger partial charge in [0.1, 0.15) is 5.82 Å². The number of amides is 1. The van der Waals surface area contributed by atoms with Crippen molar-refractivity contribution in [2.45, 2.75) is 18.6 Å². The van der Waals surface area contributed by atoms with Gasteiger partial charge in [0.15, 0.2) is 5.17 Å². The minimum absolute atomic E-state index is 0.118. The number of thioether (sulfide) groups is 1. The van der Waals surface area contributed by atoms with E-state index >= 15 is 0 Å². The molecule has 1 N–H and O–H groups in total. The fourth-order valence-electron chi connectivity index (χ4n) is 2.29. The van der Waals surface area contributed by atoms with Gasteiger partial charge in [0.25, 0.3) is 0 Å². The lowest BCUT2D eigenvalue weighted by Gasteiger charge is -2.04. The zero-order valence-corrected chi connectivity index (χ0v) is 14.9. The lowest BCUT2D eigenvalue weighted by atomic mass is 10.1. The van der Waals surface area contributed by atoms with Gasteiger partial charge in [0.2, 0.25) is 5.91 Å². The molecule has 0 radical (unpaired) electrons. The van der Waals surface area contributed by atoms with E-state index in [2.05, 4.69) is 15.5 Å². The van der Waals surface area contributed by atoms with Crippen molar-refractivity contribution in [2.24, 2.45) is 10.2 Å².